The highest BCUT2D eigenvalue weighted by atomic mass is 35.5. The molecule has 0 heterocycles. The number of esters is 1. The molecule has 1 aromatic carbocycles. The molecule has 0 bridgehead atoms. The van der Waals surface area contributed by atoms with Gasteiger partial charge in [0.2, 0.25) is 0 Å². The van der Waals surface area contributed by atoms with E-state index in [1.807, 2.05) is 13.8 Å². The standard InChI is InChI=1S/C20H27ClN2O6/c1-12(2)10-29-19-15(21)8-14(9-16(19)27-5)6-7-18(25)28-11-17(24)23-20(26)22-13(3)4/h6-9,12-13H,10-11H2,1-5H3,(H2,22,23,24,26)/b7-6+. The Hall–Kier alpha value is -2.74. The normalized spacial score (nSPS) is 10.9. The number of ether oxygens (including phenoxy) is 3. The van der Waals surface area contributed by atoms with E-state index in [2.05, 4.69) is 10.6 Å². The predicted molar refractivity (Wildman–Crippen MR) is 110 cm³/mol. The lowest BCUT2D eigenvalue weighted by atomic mass is 10.2. The summed E-state index contributed by atoms with van der Waals surface area (Å²) in [7, 11) is 1.49. The number of benzene rings is 1. The summed E-state index contributed by atoms with van der Waals surface area (Å²) in [6, 6.07) is 2.50. The molecule has 0 unspecified atom stereocenters. The predicted octanol–water partition coefficient (Wildman–Crippen LogP) is 3.17. The van der Waals surface area contributed by atoms with Crippen LogP contribution in [0.3, 0.4) is 0 Å². The van der Waals surface area contributed by atoms with E-state index in [-0.39, 0.29) is 6.04 Å². The van der Waals surface area contributed by atoms with Gasteiger partial charge in [0, 0.05) is 12.1 Å². The van der Waals surface area contributed by atoms with Crippen LogP contribution < -0.4 is 20.1 Å². The molecule has 1 rings (SSSR count). The lowest BCUT2D eigenvalue weighted by Crippen LogP contribution is -2.43. The van der Waals surface area contributed by atoms with Gasteiger partial charge in [0.1, 0.15) is 0 Å². The fourth-order valence-corrected chi connectivity index (χ4v) is 2.31. The summed E-state index contributed by atoms with van der Waals surface area (Å²) < 4.78 is 15.8. The van der Waals surface area contributed by atoms with Crippen molar-refractivity contribution < 1.29 is 28.6 Å². The summed E-state index contributed by atoms with van der Waals surface area (Å²) in [5.41, 5.74) is 0.585. The van der Waals surface area contributed by atoms with Crippen LogP contribution in [0, 0.1) is 5.92 Å². The van der Waals surface area contributed by atoms with Gasteiger partial charge < -0.3 is 19.5 Å². The quantitative estimate of drug-likeness (QED) is 0.464. The van der Waals surface area contributed by atoms with Crippen molar-refractivity contribution in [3.05, 3.63) is 28.8 Å². The van der Waals surface area contributed by atoms with Crippen molar-refractivity contribution in [2.75, 3.05) is 20.3 Å². The van der Waals surface area contributed by atoms with Crippen molar-refractivity contribution in [1.29, 1.82) is 0 Å². The van der Waals surface area contributed by atoms with Crippen LogP contribution in [0.5, 0.6) is 11.5 Å². The number of rotatable bonds is 9. The average Bonchev–Trinajstić information content (AvgIpc) is 2.62. The Morgan fingerprint density at radius 3 is 2.45 bits per heavy atom. The Morgan fingerprint density at radius 1 is 1.17 bits per heavy atom. The topological polar surface area (TPSA) is 103 Å². The van der Waals surface area contributed by atoms with Crippen LogP contribution in [0.1, 0.15) is 33.3 Å². The summed E-state index contributed by atoms with van der Waals surface area (Å²) in [5, 5.41) is 4.88. The number of carbonyl (C=O) groups is 3. The average molecular weight is 427 g/mol. The molecule has 0 aliphatic heterocycles. The third kappa shape index (κ3) is 9.34. The largest absolute Gasteiger partial charge is 0.493 e. The fourth-order valence-electron chi connectivity index (χ4n) is 2.04. The molecule has 0 aromatic heterocycles. The summed E-state index contributed by atoms with van der Waals surface area (Å²) in [4.78, 5) is 34.7. The van der Waals surface area contributed by atoms with Crippen LogP contribution in [-0.2, 0) is 14.3 Å². The zero-order valence-electron chi connectivity index (χ0n) is 17.2. The number of urea groups is 1. The second kappa shape index (κ2) is 12.0. The third-order valence-electron chi connectivity index (χ3n) is 3.24. The third-order valence-corrected chi connectivity index (χ3v) is 3.52. The minimum atomic E-state index is -0.750. The van der Waals surface area contributed by atoms with Crippen molar-refractivity contribution in [3.63, 3.8) is 0 Å². The molecule has 160 valence electrons. The lowest BCUT2D eigenvalue weighted by Gasteiger charge is -2.14. The van der Waals surface area contributed by atoms with E-state index < -0.39 is 24.5 Å². The van der Waals surface area contributed by atoms with Crippen molar-refractivity contribution in [3.8, 4) is 11.5 Å². The molecule has 8 nitrogen and oxygen atoms in total. The Balaban J connectivity index is 2.65. The number of nitrogens with one attached hydrogen (secondary N) is 2. The molecule has 0 aliphatic rings. The first-order valence-corrected chi connectivity index (χ1v) is 9.45. The van der Waals surface area contributed by atoms with Crippen molar-refractivity contribution in [2.45, 2.75) is 33.7 Å². The molecular weight excluding hydrogens is 400 g/mol. The maximum atomic E-state index is 11.8. The Morgan fingerprint density at radius 2 is 1.86 bits per heavy atom. The molecule has 0 aliphatic carbocycles. The fraction of sp³-hybridized carbons (Fsp3) is 0.450. The molecule has 2 N–H and O–H groups in total. The smallest absolute Gasteiger partial charge is 0.331 e. The molecule has 0 radical (unpaired) electrons. The molecule has 3 amide bonds. The molecule has 0 spiro atoms. The number of imide groups is 1. The summed E-state index contributed by atoms with van der Waals surface area (Å²) in [6.07, 6.45) is 2.60. The Bertz CT molecular complexity index is 762. The van der Waals surface area contributed by atoms with Gasteiger partial charge in [-0.15, -0.1) is 0 Å². The summed E-state index contributed by atoms with van der Waals surface area (Å²) in [6.45, 7) is 7.42. The molecule has 0 saturated heterocycles. The zero-order valence-corrected chi connectivity index (χ0v) is 18.0. The van der Waals surface area contributed by atoms with Gasteiger partial charge in [-0.05, 0) is 43.5 Å². The van der Waals surface area contributed by atoms with Gasteiger partial charge >= 0.3 is 12.0 Å². The number of amides is 3. The van der Waals surface area contributed by atoms with Gasteiger partial charge in [-0.25, -0.2) is 9.59 Å². The van der Waals surface area contributed by atoms with Crippen LogP contribution in [0.2, 0.25) is 5.02 Å². The van der Waals surface area contributed by atoms with Gasteiger partial charge in [0.15, 0.2) is 18.1 Å². The van der Waals surface area contributed by atoms with Gasteiger partial charge in [0.05, 0.1) is 18.7 Å². The highest BCUT2D eigenvalue weighted by Crippen LogP contribution is 2.37. The molecule has 1 aromatic rings. The molecule has 0 atom stereocenters. The monoisotopic (exact) mass is 426 g/mol. The molecule has 9 heteroatoms. The highest BCUT2D eigenvalue weighted by Gasteiger charge is 2.13. The summed E-state index contributed by atoms with van der Waals surface area (Å²) in [5.74, 6) is -0.305. The maximum Gasteiger partial charge on any atom is 0.331 e. The first-order chi connectivity index (χ1) is 13.6. The van der Waals surface area contributed by atoms with Crippen LogP contribution in [0.25, 0.3) is 6.08 Å². The second-order valence-corrected chi connectivity index (χ2v) is 7.26. The Kier molecular flexibility index (Phi) is 10.0. The van der Waals surface area contributed by atoms with E-state index >= 15 is 0 Å². The number of hydrogen-bond donors (Lipinski definition) is 2. The van der Waals surface area contributed by atoms with Crippen LogP contribution in [0.4, 0.5) is 4.79 Å². The Labute approximate surface area is 175 Å². The maximum absolute atomic E-state index is 11.8. The van der Waals surface area contributed by atoms with Crippen LogP contribution in [0.15, 0.2) is 18.2 Å². The van der Waals surface area contributed by atoms with Gasteiger partial charge in [-0.3, -0.25) is 10.1 Å². The molecular formula is C20H27ClN2O6. The van der Waals surface area contributed by atoms with Crippen molar-refractivity contribution in [2.24, 2.45) is 5.92 Å². The molecule has 0 fully saturated rings. The minimum absolute atomic E-state index is 0.126. The minimum Gasteiger partial charge on any atom is -0.493 e. The highest BCUT2D eigenvalue weighted by molar-refractivity contribution is 6.32. The van der Waals surface area contributed by atoms with Gasteiger partial charge in [-0.1, -0.05) is 25.4 Å². The van der Waals surface area contributed by atoms with Gasteiger partial charge in [-0.2, -0.15) is 0 Å². The number of halogens is 1. The number of carbonyl (C=O) groups excluding carboxylic acids is 3. The van der Waals surface area contributed by atoms with E-state index in [1.54, 1.807) is 26.0 Å². The number of hydrogen-bond acceptors (Lipinski definition) is 6. The van der Waals surface area contributed by atoms with Crippen LogP contribution >= 0.6 is 11.6 Å². The number of methoxy groups -OCH3 is 1. The van der Waals surface area contributed by atoms with Crippen molar-refractivity contribution in [1.82, 2.24) is 10.6 Å². The molecule has 29 heavy (non-hydrogen) atoms. The van der Waals surface area contributed by atoms with E-state index in [0.717, 1.165) is 6.08 Å². The lowest BCUT2D eigenvalue weighted by molar-refractivity contribution is -0.143. The van der Waals surface area contributed by atoms with Crippen molar-refractivity contribution >= 4 is 35.6 Å². The zero-order chi connectivity index (χ0) is 22.0. The second-order valence-electron chi connectivity index (χ2n) is 6.86. The molecule has 0 saturated carbocycles. The van der Waals surface area contributed by atoms with Gasteiger partial charge in [0.25, 0.3) is 5.91 Å². The first kappa shape index (κ1) is 24.3. The SMILES string of the molecule is COc1cc(/C=C/C(=O)OCC(=O)NC(=O)NC(C)C)cc(Cl)c1OCC(C)C. The van der Waals surface area contributed by atoms with E-state index in [0.29, 0.717) is 34.6 Å². The van der Waals surface area contributed by atoms with E-state index in [4.69, 9.17) is 25.8 Å². The van der Waals surface area contributed by atoms with E-state index in [9.17, 15) is 14.4 Å². The van der Waals surface area contributed by atoms with Crippen LogP contribution in [-0.4, -0.2) is 44.3 Å². The summed E-state index contributed by atoms with van der Waals surface area (Å²) >= 11 is 6.25. The van der Waals surface area contributed by atoms with E-state index in [1.165, 1.54) is 13.2 Å². The first-order valence-electron chi connectivity index (χ1n) is 9.07.